The van der Waals surface area contributed by atoms with Crippen molar-refractivity contribution in [2.24, 2.45) is 7.05 Å². The average Bonchev–Trinajstić information content (AvgIpc) is 2.43. The van der Waals surface area contributed by atoms with E-state index < -0.39 is 0 Å². The Kier molecular flexibility index (Phi) is 1.84. The van der Waals surface area contributed by atoms with Gasteiger partial charge in [0.05, 0.1) is 5.52 Å². The van der Waals surface area contributed by atoms with Crippen molar-refractivity contribution >= 4 is 16.8 Å². The Morgan fingerprint density at radius 1 is 1.50 bits per heavy atom. The molecule has 1 aromatic carbocycles. The number of benzene rings is 1. The van der Waals surface area contributed by atoms with Crippen LogP contribution in [0.4, 0.5) is 5.69 Å². The number of hydrogen-bond acceptors (Lipinski definition) is 3. The highest BCUT2D eigenvalue weighted by molar-refractivity contribution is 5.80. The smallest absolute Gasteiger partial charge is 0.407 e. The van der Waals surface area contributed by atoms with Gasteiger partial charge in [-0.05, 0) is 24.1 Å². The first-order valence-corrected chi connectivity index (χ1v) is 4.51. The Morgan fingerprint density at radius 3 is 2.86 bits per heavy atom. The van der Waals surface area contributed by atoms with Gasteiger partial charge in [0.2, 0.25) is 0 Å². The second-order valence-electron chi connectivity index (χ2n) is 3.31. The summed E-state index contributed by atoms with van der Waals surface area (Å²) in [5.74, 6) is -0.347. The molecule has 2 N–H and O–H groups in total. The van der Waals surface area contributed by atoms with Crippen LogP contribution in [0.5, 0.6) is 0 Å². The average molecular weight is 192 g/mol. The molecule has 0 saturated heterocycles. The van der Waals surface area contributed by atoms with Gasteiger partial charge in [-0.25, -0.2) is 4.79 Å². The van der Waals surface area contributed by atoms with E-state index >= 15 is 0 Å². The van der Waals surface area contributed by atoms with Crippen LogP contribution in [0.2, 0.25) is 0 Å². The minimum atomic E-state index is -0.347. The van der Waals surface area contributed by atoms with Crippen LogP contribution in [0.3, 0.4) is 0 Å². The molecule has 0 spiro atoms. The molecule has 0 fully saturated rings. The molecule has 1 aromatic heterocycles. The number of fused-ring (bicyclic) bond motifs is 1. The summed E-state index contributed by atoms with van der Waals surface area (Å²) in [5.41, 5.74) is 8.75. The topological polar surface area (TPSA) is 61.2 Å². The number of nitrogens with zero attached hydrogens (tertiary/aromatic N) is 1. The molecule has 0 aliphatic rings. The zero-order chi connectivity index (χ0) is 10.3. The first-order chi connectivity index (χ1) is 6.63. The number of nitrogens with two attached hydrogens (primary N) is 1. The first-order valence-electron chi connectivity index (χ1n) is 4.51. The summed E-state index contributed by atoms with van der Waals surface area (Å²) in [4.78, 5) is 11.3. The van der Waals surface area contributed by atoms with E-state index in [9.17, 15) is 4.79 Å². The molecule has 2 rings (SSSR count). The predicted molar refractivity (Wildman–Crippen MR) is 55.2 cm³/mol. The van der Waals surface area contributed by atoms with Crippen molar-refractivity contribution in [3.63, 3.8) is 0 Å². The molecule has 4 heteroatoms. The third-order valence-corrected chi connectivity index (χ3v) is 2.37. The maximum absolute atomic E-state index is 11.3. The minimum Gasteiger partial charge on any atom is -0.407 e. The molecule has 0 amide bonds. The summed E-state index contributed by atoms with van der Waals surface area (Å²) < 4.78 is 6.59. The fraction of sp³-hybridized carbons (Fsp3) is 0.300. The van der Waals surface area contributed by atoms with E-state index in [4.69, 9.17) is 10.2 Å². The molecule has 0 saturated carbocycles. The molecule has 0 unspecified atom stereocenters. The van der Waals surface area contributed by atoms with Crippen LogP contribution in [0, 0.1) is 0 Å². The lowest BCUT2D eigenvalue weighted by atomic mass is 10.1. The van der Waals surface area contributed by atoms with Crippen LogP contribution in [-0.2, 0) is 13.5 Å². The number of aryl methyl sites for hydroxylation is 2. The zero-order valence-corrected chi connectivity index (χ0v) is 8.20. The maximum atomic E-state index is 11.3. The van der Waals surface area contributed by atoms with Crippen molar-refractivity contribution < 1.29 is 4.42 Å². The van der Waals surface area contributed by atoms with Crippen molar-refractivity contribution in [2.75, 3.05) is 5.73 Å². The highest BCUT2D eigenvalue weighted by Gasteiger charge is 2.10. The maximum Gasteiger partial charge on any atom is 0.419 e. The van der Waals surface area contributed by atoms with Crippen LogP contribution in [0.15, 0.2) is 21.3 Å². The normalized spacial score (nSPS) is 11.0. The molecule has 14 heavy (non-hydrogen) atoms. The number of nitrogen functional groups attached to an aromatic ring is 1. The van der Waals surface area contributed by atoms with E-state index in [-0.39, 0.29) is 5.76 Å². The van der Waals surface area contributed by atoms with Crippen LogP contribution >= 0.6 is 0 Å². The number of hydrogen-bond donors (Lipinski definition) is 1. The lowest BCUT2D eigenvalue weighted by Crippen LogP contribution is -2.08. The van der Waals surface area contributed by atoms with Crippen molar-refractivity contribution in [3.05, 3.63) is 28.2 Å². The third-order valence-electron chi connectivity index (χ3n) is 2.37. The van der Waals surface area contributed by atoms with E-state index in [1.807, 2.05) is 13.0 Å². The van der Waals surface area contributed by atoms with Crippen LogP contribution < -0.4 is 11.5 Å². The van der Waals surface area contributed by atoms with Crippen molar-refractivity contribution in [3.8, 4) is 0 Å². The van der Waals surface area contributed by atoms with E-state index in [1.54, 1.807) is 13.1 Å². The highest BCUT2D eigenvalue weighted by atomic mass is 16.4. The molecule has 4 nitrogen and oxygen atoms in total. The molecule has 74 valence electrons. The van der Waals surface area contributed by atoms with Gasteiger partial charge in [0, 0.05) is 12.7 Å². The van der Waals surface area contributed by atoms with Gasteiger partial charge in [-0.2, -0.15) is 0 Å². The molecule has 0 bridgehead atoms. The third kappa shape index (κ3) is 1.11. The van der Waals surface area contributed by atoms with Gasteiger partial charge in [0.25, 0.3) is 0 Å². The fourth-order valence-electron chi connectivity index (χ4n) is 1.58. The molecule has 0 radical (unpaired) electrons. The summed E-state index contributed by atoms with van der Waals surface area (Å²) in [5, 5.41) is 0. The largest absolute Gasteiger partial charge is 0.419 e. The molecule has 1 heterocycles. The monoisotopic (exact) mass is 192 g/mol. The molecular weight excluding hydrogens is 180 g/mol. The fourth-order valence-corrected chi connectivity index (χ4v) is 1.58. The molecule has 0 aliphatic carbocycles. The van der Waals surface area contributed by atoms with E-state index in [1.165, 1.54) is 4.57 Å². The Hall–Kier alpha value is -1.71. The van der Waals surface area contributed by atoms with Gasteiger partial charge in [0.15, 0.2) is 5.58 Å². The van der Waals surface area contributed by atoms with Crippen LogP contribution in [0.1, 0.15) is 12.5 Å². The lowest BCUT2D eigenvalue weighted by Gasteiger charge is -2.00. The van der Waals surface area contributed by atoms with Gasteiger partial charge < -0.3 is 10.2 Å². The van der Waals surface area contributed by atoms with Gasteiger partial charge in [-0.1, -0.05) is 6.92 Å². The second-order valence-corrected chi connectivity index (χ2v) is 3.31. The molecule has 2 aromatic rings. The summed E-state index contributed by atoms with van der Waals surface area (Å²) in [6.07, 6.45) is 0.800. The Labute approximate surface area is 80.9 Å². The predicted octanol–water partition coefficient (Wildman–Crippen LogP) is 1.28. The van der Waals surface area contributed by atoms with Crippen molar-refractivity contribution in [2.45, 2.75) is 13.3 Å². The van der Waals surface area contributed by atoms with Crippen LogP contribution in [0.25, 0.3) is 11.1 Å². The summed E-state index contributed by atoms with van der Waals surface area (Å²) in [7, 11) is 1.67. The van der Waals surface area contributed by atoms with E-state index in [0.29, 0.717) is 11.3 Å². The number of oxazole rings is 1. The summed E-state index contributed by atoms with van der Waals surface area (Å²) in [6.45, 7) is 2.00. The van der Waals surface area contributed by atoms with Crippen molar-refractivity contribution in [1.82, 2.24) is 4.57 Å². The molecular formula is C10H12N2O2. The SMILES string of the molecule is CCc1cc(N)cc2c1oc(=O)n2C. The molecule has 0 aliphatic heterocycles. The quantitative estimate of drug-likeness (QED) is 0.692. The Morgan fingerprint density at radius 2 is 2.21 bits per heavy atom. The first kappa shape index (κ1) is 8.87. The van der Waals surface area contributed by atoms with Crippen LogP contribution in [-0.4, -0.2) is 4.57 Å². The van der Waals surface area contributed by atoms with Crippen molar-refractivity contribution in [1.29, 1.82) is 0 Å². The number of rotatable bonds is 1. The number of aromatic nitrogens is 1. The summed E-state index contributed by atoms with van der Waals surface area (Å²) >= 11 is 0. The van der Waals surface area contributed by atoms with Gasteiger partial charge in [-0.3, -0.25) is 4.57 Å². The van der Waals surface area contributed by atoms with Gasteiger partial charge in [0.1, 0.15) is 0 Å². The zero-order valence-electron chi connectivity index (χ0n) is 8.20. The van der Waals surface area contributed by atoms with E-state index in [0.717, 1.165) is 17.5 Å². The Bertz CT molecular complexity index is 537. The highest BCUT2D eigenvalue weighted by Crippen LogP contribution is 2.21. The molecule has 0 atom stereocenters. The summed E-state index contributed by atoms with van der Waals surface area (Å²) in [6, 6.07) is 3.59. The lowest BCUT2D eigenvalue weighted by molar-refractivity contribution is 0.525. The Balaban J connectivity index is 2.94. The minimum absolute atomic E-state index is 0.347. The number of anilines is 1. The standard InChI is InChI=1S/C10H12N2O2/c1-3-6-4-7(11)5-8-9(6)14-10(13)12(8)2/h4-5H,3,11H2,1-2H3. The second kappa shape index (κ2) is 2.90. The van der Waals surface area contributed by atoms with Gasteiger partial charge >= 0.3 is 5.76 Å². The van der Waals surface area contributed by atoms with Gasteiger partial charge in [-0.15, -0.1) is 0 Å². The van der Waals surface area contributed by atoms with E-state index in [2.05, 4.69) is 0 Å².